The summed E-state index contributed by atoms with van der Waals surface area (Å²) in [5.74, 6) is -0.232. The van der Waals surface area contributed by atoms with E-state index in [1.54, 1.807) is 30.1 Å². The second-order valence-electron chi connectivity index (χ2n) is 6.18. The molecule has 25 heavy (non-hydrogen) atoms. The van der Waals surface area contributed by atoms with E-state index in [0.29, 0.717) is 16.8 Å². The molecule has 0 spiro atoms. The molecular weight excluding hydrogens is 324 g/mol. The topological polar surface area (TPSA) is 99.3 Å². The van der Waals surface area contributed by atoms with Gasteiger partial charge in [-0.25, -0.2) is 0 Å². The van der Waals surface area contributed by atoms with Crippen molar-refractivity contribution in [3.63, 3.8) is 0 Å². The summed E-state index contributed by atoms with van der Waals surface area (Å²) < 4.78 is 7.17. The Labute approximate surface area is 144 Å². The van der Waals surface area contributed by atoms with Crippen LogP contribution in [0, 0.1) is 10.1 Å². The Morgan fingerprint density at radius 2 is 2.16 bits per heavy atom. The van der Waals surface area contributed by atoms with Crippen LogP contribution in [0.1, 0.15) is 30.1 Å². The van der Waals surface area contributed by atoms with E-state index < -0.39 is 4.92 Å². The number of ether oxygens (including phenoxy) is 1. The lowest BCUT2D eigenvalue weighted by Gasteiger charge is -2.19. The molecule has 0 saturated carbocycles. The van der Waals surface area contributed by atoms with Gasteiger partial charge in [0.1, 0.15) is 5.69 Å². The summed E-state index contributed by atoms with van der Waals surface area (Å²) in [6.07, 6.45) is 3.62. The van der Waals surface area contributed by atoms with Crippen molar-refractivity contribution in [2.24, 2.45) is 7.05 Å². The van der Waals surface area contributed by atoms with Gasteiger partial charge >= 0.3 is 0 Å². The summed E-state index contributed by atoms with van der Waals surface area (Å²) in [7, 11) is 1.73. The van der Waals surface area contributed by atoms with Crippen LogP contribution in [0.4, 0.5) is 5.69 Å². The van der Waals surface area contributed by atoms with Crippen LogP contribution in [0.25, 0.3) is 11.3 Å². The average molecular weight is 344 g/mol. The van der Waals surface area contributed by atoms with Crippen molar-refractivity contribution in [1.82, 2.24) is 15.1 Å². The average Bonchev–Trinajstić information content (AvgIpc) is 3.24. The number of nitro groups is 1. The highest BCUT2D eigenvalue weighted by atomic mass is 16.6. The predicted octanol–water partition coefficient (Wildman–Crippen LogP) is 2.29. The zero-order chi connectivity index (χ0) is 18.0. The van der Waals surface area contributed by atoms with Crippen molar-refractivity contribution < 1.29 is 14.5 Å². The zero-order valence-corrected chi connectivity index (χ0v) is 14.1. The van der Waals surface area contributed by atoms with E-state index >= 15 is 0 Å². The highest BCUT2D eigenvalue weighted by molar-refractivity contribution is 6.00. The minimum Gasteiger partial charge on any atom is -0.376 e. The molecule has 2 unspecified atom stereocenters. The Morgan fingerprint density at radius 1 is 1.44 bits per heavy atom. The van der Waals surface area contributed by atoms with Crippen molar-refractivity contribution in [2.75, 3.05) is 6.61 Å². The van der Waals surface area contributed by atoms with Crippen LogP contribution < -0.4 is 5.32 Å². The molecule has 0 radical (unpaired) electrons. The minimum atomic E-state index is -0.459. The number of hydrogen-bond donors (Lipinski definition) is 1. The fraction of sp³-hybridized carbons (Fsp3) is 0.412. The second-order valence-corrected chi connectivity index (χ2v) is 6.18. The van der Waals surface area contributed by atoms with Crippen molar-refractivity contribution in [1.29, 1.82) is 0 Å². The van der Waals surface area contributed by atoms with Gasteiger partial charge in [0.15, 0.2) is 0 Å². The number of nitrogens with zero attached hydrogens (tertiary/aromatic N) is 3. The summed E-state index contributed by atoms with van der Waals surface area (Å²) in [6, 6.07) is 5.91. The number of nitrogens with one attached hydrogen (secondary N) is 1. The molecule has 1 aliphatic rings. The molecule has 1 saturated heterocycles. The lowest BCUT2D eigenvalue weighted by molar-refractivity contribution is -0.384. The molecule has 8 heteroatoms. The number of carbonyl (C=O) groups excluding carboxylic acids is 1. The van der Waals surface area contributed by atoms with Gasteiger partial charge in [-0.1, -0.05) is 0 Å². The van der Waals surface area contributed by atoms with Crippen LogP contribution in [0.5, 0.6) is 0 Å². The van der Waals surface area contributed by atoms with Crippen LogP contribution >= 0.6 is 0 Å². The Balaban J connectivity index is 1.82. The maximum atomic E-state index is 12.7. The Kier molecular flexibility index (Phi) is 4.80. The quantitative estimate of drug-likeness (QED) is 0.663. The number of nitro benzene ring substituents is 1. The summed E-state index contributed by atoms with van der Waals surface area (Å²) in [5.41, 5.74) is 1.58. The number of amides is 1. The third kappa shape index (κ3) is 3.69. The lowest BCUT2D eigenvalue weighted by atomic mass is 10.1. The maximum Gasteiger partial charge on any atom is 0.269 e. The third-order valence-corrected chi connectivity index (χ3v) is 4.31. The molecule has 132 valence electrons. The summed E-state index contributed by atoms with van der Waals surface area (Å²) in [6.45, 7) is 2.65. The lowest BCUT2D eigenvalue weighted by Crippen LogP contribution is -2.40. The number of carbonyl (C=O) groups is 1. The monoisotopic (exact) mass is 344 g/mol. The number of non-ortho nitro benzene ring substituents is 1. The standard InChI is InChI=1S/C17H20N4O4/c1-11(15-4-3-9-25-15)18-17(22)14-10-20(2)19-16(14)12-5-7-13(8-6-12)21(23)24/h5-8,10-11,15H,3-4,9H2,1-2H3,(H,18,22). The summed E-state index contributed by atoms with van der Waals surface area (Å²) in [4.78, 5) is 23.0. The predicted molar refractivity (Wildman–Crippen MR) is 91.2 cm³/mol. The van der Waals surface area contributed by atoms with Gasteiger partial charge in [-0.2, -0.15) is 5.10 Å². The first kappa shape index (κ1) is 17.1. The van der Waals surface area contributed by atoms with Crippen molar-refractivity contribution in [3.05, 3.63) is 46.1 Å². The van der Waals surface area contributed by atoms with Gasteiger partial charge in [-0.3, -0.25) is 19.6 Å². The molecular formula is C17H20N4O4. The highest BCUT2D eigenvalue weighted by Gasteiger charge is 2.26. The van der Waals surface area contributed by atoms with Gasteiger partial charge in [-0.15, -0.1) is 0 Å². The number of benzene rings is 1. The van der Waals surface area contributed by atoms with E-state index in [1.807, 2.05) is 6.92 Å². The smallest absolute Gasteiger partial charge is 0.269 e. The molecule has 3 rings (SSSR count). The normalized spacial score (nSPS) is 18.1. The molecule has 1 aromatic carbocycles. The van der Waals surface area contributed by atoms with E-state index in [0.717, 1.165) is 19.4 Å². The molecule has 2 heterocycles. The molecule has 2 aromatic rings. The van der Waals surface area contributed by atoms with E-state index in [-0.39, 0.29) is 23.7 Å². The Bertz CT molecular complexity index is 778. The molecule has 2 atom stereocenters. The van der Waals surface area contributed by atoms with E-state index in [1.165, 1.54) is 12.1 Å². The fourth-order valence-electron chi connectivity index (χ4n) is 2.98. The SMILES string of the molecule is CC(NC(=O)c1cn(C)nc1-c1ccc([N+](=O)[O-])cc1)C1CCCO1. The van der Waals surface area contributed by atoms with Crippen LogP contribution in [-0.4, -0.2) is 39.4 Å². The first-order valence-electron chi connectivity index (χ1n) is 8.16. The fourth-order valence-corrected chi connectivity index (χ4v) is 2.98. The van der Waals surface area contributed by atoms with Gasteiger partial charge in [0.25, 0.3) is 11.6 Å². The van der Waals surface area contributed by atoms with Crippen LogP contribution in [0.3, 0.4) is 0 Å². The van der Waals surface area contributed by atoms with Gasteiger partial charge in [-0.05, 0) is 31.9 Å². The van der Waals surface area contributed by atoms with Crippen LogP contribution in [-0.2, 0) is 11.8 Å². The largest absolute Gasteiger partial charge is 0.376 e. The van der Waals surface area contributed by atoms with Gasteiger partial charge in [0, 0.05) is 37.5 Å². The summed E-state index contributed by atoms with van der Waals surface area (Å²) in [5, 5.41) is 18.1. The summed E-state index contributed by atoms with van der Waals surface area (Å²) >= 11 is 0. The van der Waals surface area contributed by atoms with Gasteiger partial charge < -0.3 is 10.1 Å². The Morgan fingerprint density at radius 3 is 2.76 bits per heavy atom. The van der Waals surface area contributed by atoms with Crippen molar-refractivity contribution in [3.8, 4) is 11.3 Å². The van der Waals surface area contributed by atoms with Gasteiger partial charge in [0.05, 0.1) is 22.6 Å². The van der Waals surface area contributed by atoms with E-state index in [9.17, 15) is 14.9 Å². The molecule has 0 aliphatic carbocycles. The van der Waals surface area contributed by atoms with Crippen LogP contribution in [0.2, 0.25) is 0 Å². The van der Waals surface area contributed by atoms with Crippen molar-refractivity contribution in [2.45, 2.75) is 31.9 Å². The number of aromatic nitrogens is 2. The van der Waals surface area contributed by atoms with E-state index in [2.05, 4.69) is 10.4 Å². The first-order valence-corrected chi connectivity index (χ1v) is 8.16. The zero-order valence-electron chi connectivity index (χ0n) is 14.1. The molecule has 8 nitrogen and oxygen atoms in total. The molecule has 0 bridgehead atoms. The molecule has 1 aromatic heterocycles. The molecule has 1 N–H and O–H groups in total. The molecule has 1 fully saturated rings. The highest BCUT2D eigenvalue weighted by Crippen LogP contribution is 2.25. The maximum absolute atomic E-state index is 12.7. The number of hydrogen-bond acceptors (Lipinski definition) is 5. The number of rotatable bonds is 5. The van der Waals surface area contributed by atoms with Crippen molar-refractivity contribution >= 4 is 11.6 Å². The molecule has 1 amide bonds. The van der Waals surface area contributed by atoms with Gasteiger partial charge in [0.2, 0.25) is 0 Å². The third-order valence-electron chi connectivity index (χ3n) is 4.31. The molecule has 1 aliphatic heterocycles. The van der Waals surface area contributed by atoms with Crippen LogP contribution in [0.15, 0.2) is 30.5 Å². The second kappa shape index (κ2) is 7.02. The Hall–Kier alpha value is -2.74. The number of aryl methyl sites for hydroxylation is 1. The van der Waals surface area contributed by atoms with E-state index in [4.69, 9.17) is 4.74 Å². The minimum absolute atomic E-state index is 0.00214. The first-order chi connectivity index (χ1) is 12.0.